The summed E-state index contributed by atoms with van der Waals surface area (Å²) in [4.78, 5) is 11.8. The van der Waals surface area contributed by atoms with Crippen LogP contribution in [0.4, 0.5) is 20.2 Å². The molecule has 1 aromatic heterocycles. The van der Waals surface area contributed by atoms with Gasteiger partial charge in [0.2, 0.25) is 0 Å². The van der Waals surface area contributed by atoms with Gasteiger partial charge in [0, 0.05) is 25.9 Å². The number of aromatic nitrogens is 2. The molecule has 2 N–H and O–H groups in total. The molecule has 0 spiro atoms. The van der Waals surface area contributed by atoms with Gasteiger partial charge in [0.15, 0.2) is 0 Å². The Hall–Kier alpha value is -2.44. The van der Waals surface area contributed by atoms with Crippen LogP contribution < -0.4 is 10.6 Å². The fraction of sp³-hybridized carbons (Fsp3) is 0.167. The molecule has 1 aromatic carbocycles. The topological polar surface area (TPSA) is 59.0 Å². The number of aryl methyl sites for hydroxylation is 1. The number of hydrogen-bond acceptors (Lipinski definition) is 3. The van der Waals surface area contributed by atoms with E-state index >= 15 is 0 Å². The second kappa shape index (κ2) is 5.05. The van der Waals surface area contributed by atoms with E-state index < -0.39 is 17.5 Å². The monoisotopic (exact) mass is 266 g/mol. The van der Waals surface area contributed by atoms with Gasteiger partial charge in [-0.15, -0.1) is 0 Å². The molecule has 100 valence electrons. The molecule has 0 fully saturated rings. The molecule has 7 heteroatoms. The molecule has 0 aliphatic heterocycles. The van der Waals surface area contributed by atoms with Crippen molar-refractivity contribution in [3.05, 3.63) is 41.7 Å². The Bertz CT molecular complexity index is 601. The number of nitrogens with one attached hydrogen (secondary N) is 2. The molecular weight excluding hydrogens is 254 g/mol. The van der Waals surface area contributed by atoms with Gasteiger partial charge in [0.1, 0.15) is 17.3 Å². The van der Waals surface area contributed by atoms with Crippen molar-refractivity contribution in [1.29, 1.82) is 0 Å². The molecule has 19 heavy (non-hydrogen) atoms. The summed E-state index contributed by atoms with van der Waals surface area (Å²) in [5.74, 6) is -2.24. The average Bonchev–Trinajstić information content (AvgIpc) is 2.74. The zero-order chi connectivity index (χ0) is 14.0. The molecule has 0 aliphatic rings. The maximum Gasteiger partial charge on any atom is 0.255 e. The van der Waals surface area contributed by atoms with Gasteiger partial charge >= 0.3 is 0 Å². The summed E-state index contributed by atoms with van der Waals surface area (Å²) in [6, 6.07) is 1.95. The van der Waals surface area contributed by atoms with Crippen LogP contribution in [-0.2, 0) is 7.05 Å². The quantitative estimate of drug-likeness (QED) is 0.893. The number of carbonyl (C=O) groups excluding carboxylic acids is 1. The van der Waals surface area contributed by atoms with E-state index in [0.29, 0.717) is 5.69 Å². The van der Waals surface area contributed by atoms with Crippen molar-refractivity contribution in [3.63, 3.8) is 0 Å². The zero-order valence-electron chi connectivity index (χ0n) is 10.4. The van der Waals surface area contributed by atoms with Crippen LogP contribution in [0.2, 0.25) is 0 Å². The normalized spacial score (nSPS) is 10.3. The Labute approximate surface area is 108 Å². The average molecular weight is 266 g/mol. The first kappa shape index (κ1) is 13.0. The van der Waals surface area contributed by atoms with Gasteiger partial charge in [0.25, 0.3) is 5.91 Å². The smallest absolute Gasteiger partial charge is 0.255 e. The number of carbonyl (C=O) groups is 1. The van der Waals surface area contributed by atoms with E-state index in [0.717, 1.165) is 12.1 Å². The van der Waals surface area contributed by atoms with Crippen molar-refractivity contribution < 1.29 is 13.6 Å². The molecule has 1 amide bonds. The lowest BCUT2D eigenvalue weighted by molar-refractivity contribution is 0.102. The minimum Gasteiger partial charge on any atom is -0.383 e. The van der Waals surface area contributed by atoms with Crippen LogP contribution in [-0.4, -0.2) is 22.7 Å². The number of rotatable bonds is 3. The molecule has 2 aromatic rings. The molecule has 0 radical (unpaired) electrons. The van der Waals surface area contributed by atoms with Crippen LogP contribution in [0.25, 0.3) is 0 Å². The molecule has 1 heterocycles. The fourth-order valence-corrected chi connectivity index (χ4v) is 1.63. The molecule has 0 saturated carbocycles. The number of hydrogen-bond donors (Lipinski definition) is 2. The summed E-state index contributed by atoms with van der Waals surface area (Å²) >= 11 is 0. The third-order valence-corrected chi connectivity index (χ3v) is 2.52. The summed E-state index contributed by atoms with van der Waals surface area (Å²) in [7, 11) is 3.09. The predicted molar refractivity (Wildman–Crippen MR) is 67.1 cm³/mol. The number of benzene rings is 1. The van der Waals surface area contributed by atoms with Crippen molar-refractivity contribution in [1.82, 2.24) is 9.78 Å². The number of nitrogens with zero attached hydrogens (tertiary/aromatic N) is 2. The van der Waals surface area contributed by atoms with Crippen LogP contribution >= 0.6 is 0 Å². The van der Waals surface area contributed by atoms with Crippen molar-refractivity contribution in [2.75, 3.05) is 17.7 Å². The number of halogens is 2. The highest BCUT2D eigenvalue weighted by Crippen LogP contribution is 2.20. The van der Waals surface area contributed by atoms with E-state index in [4.69, 9.17) is 0 Å². The van der Waals surface area contributed by atoms with E-state index in [1.54, 1.807) is 13.2 Å². The molecule has 0 saturated heterocycles. The van der Waals surface area contributed by atoms with Crippen molar-refractivity contribution in [3.8, 4) is 0 Å². The Morgan fingerprint density at radius 3 is 2.42 bits per heavy atom. The van der Waals surface area contributed by atoms with Crippen LogP contribution in [0.15, 0.2) is 24.5 Å². The standard InChI is InChI=1S/C12H12F2N4O/c1-15-11-9(13)3-7(4-10(11)14)12(19)17-8-5-16-18(2)6-8/h3-6,15H,1-2H3,(H,17,19). The van der Waals surface area contributed by atoms with Crippen LogP contribution in [0.3, 0.4) is 0 Å². The van der Waals surface area contributed by atoms with Gasteiger partial charge < -0.3 is 10.6 Å². The molecule has 0 atom stereocenters. The highest BCUT2D eigenvalue weighted by atomic mass is 19.1. The highest BCUT2D eigenvalue weighted by Gasteiger charge is 2.14. The second-order valence-corrected chi connectivity index (χ2v) is 3.92. The maximum absolute atomic E-state index is 13.5. The van der Waals surface area contributed by atoms with E-state index in [-0.39, 0.29) is 11.3 Å². The second-order valence-electron chi connectivity index (χ2n) is 3.92. The van der Waals surface area contributed by atoms with E-state index in [1.165, 1.54) is 17.9 Å². The van der Waals surface area contributed by atoms with Gasteiger partial charge in [-0.1, -0.05) is 0 Å². The molecule has 5 nitrogen and oxygen atoms in total. The molecular formula is C12H12F2N4O. The molecule has 2 rings (SSSR count). The van der Waals surface area contributed by atoms with Gasteiger partial charge in [-0.25, -0.2) is 8.78 Å². The van der Waals surface area contributed by atoms with Gasteiger partial charge in [-0.3, -0.25) is 9.48 Å². The Balaban J connectivity index is 2.24. The maximum atomic E-state index is 13.5. The van der Waals surface area contributed by atoms with Crippen molar-refractivity contribution >= 4 is 17.3 Å². The third-order valence-electron chi connectivity index (χ3n) is 2.52. The van der Waals surface area contributed by atoms with Crippen LogP contribution in [0, 0.1) is 11.6 Å². The first-order chi connectivity index (χ1) is 9.01. The number of amides is 1. The lowest BCUT2D eigenvalue weighted by Gasteiger charge is -2.07. The van der Waals surface area contributed by atoms with Crippen molar-refractivity contribution in [2.45, 2.75) is 0 Å². The van der Waals surface area contributed by atoms with Gasteiger partial charge in [-0.05, 0) is 12.1 Å². The molecule has 0 unspecified atom stereocenters. The summed E-state index contributed by atoms with van der Waals surface area (Å²) in [6.07, 6.45) is 3.01. The zero-order valence-corrected chi connectivity index (χ0v) is 10.4. The third kappa shape index (κ3) is 2.70. The SMILES string of the molecule is CNc1c(F)cc(C(=O)Nc2cnn(C)c2)cc1F. The predicted octanol–water partition coefficient (Wildman–Crippen LogP) is 1.99. The molecule has 0 bridgehead atoms. The first-order valence-corrected chi connectivity index (χ1v) is 5.48. The first-order valence-electron chi connectivity index (χ1n) is 5.48. The highest BCUT2D eigenvalue weighted by molar-refractivity contribution is 6.04. The van der Waals surface area contributed by atoms with E-state index in [2.05, 4.69) is 15.7 Å². The Morgan fingerprint density at radius 1 is 1.32 bits per heavy atom. The summed E-state index contributed by atoms with van der Waals surface area (Å²) < 4.78 is 28.5. The molecule has 0 aliphatic carbocycles. The van der Waals surface area contributed by atoms with Crippen LogP contribution in [0.5, 0.6) is 0 Å². The fourth-order valence-electron chi connectivity index (χ4n) is 1.63. The van der Waals surface area contributed by atoms with Crippen molar-refractivity contribution in [2.24, 2.45) is 7.05 Å². The Kier molecular flexibility index (Phi) is 3.46. The Morgan fingerprint density at radius 2 is 1.95 bits per heavy atom. The largest absolute Gasteiger partial charge is 0.383 e. The van der Waals surface area contributed by atoms with Gasteiger partial charge in [0.05, 0.1) is 11.9 Å². The van der Waals surface area contributed by atoms with E-state index in [9.17, 15) is 13.6 Å². The summed E-state index contributed by atoms with van der Waals surface area (Å²) in [5.41, 5.74) is 0.0850. The number of anilines is 2. The minimum atomic E-state index is -0.821. The summed E-state index contributed by atoms with van der Waals surface area (Å²) in [5, 5.41) is 8.75. The lowest BCUT2D eigenvalue weighted by Crippen LogP contribution is -2.13. The summed E-state index contributed by atoms with van der Waals surface area (Å²) in [6.45, 7) is 0. The van der Waals surface area contributed by atoms with Gasteiger partial charge in [-0.2, -0.15) is 5.10 Å². The van der Waals surface area contributed by atoms with Crippen LogP contribution in [0.1, 0.15) is 10.4 Å². The lowest BCUT2D eigenvalue weighted by atomic mass is 10.1. The minimum absolute atomic E-state index is 0.0992. The van der Waals surface area contributed by atoms with E-state index in [1.807, 2.05) is 0 Å².